The van der Waals surface area contributed by atoms with Gasteiger partial charge in [-0.2, -0.15) is 0 Å². The van der Waals surface area contributed by atoms with Crippen molar-refractivity contribution < 1.29 is 14.3 Å². The van der Waals surface area contributed by atoms with Crippen LogP contribution in [0.4, 0.5) is 11.4 Å². The number of amides is 2. The lowest BCUT2D eigenvalue weighted by molar-refractivity contribution is -0.122. The Labute approximate surface area is 187 Å². The molecule has 2 N–H and O–H groups in total. The molecule has 0 radical (unpaired) electrons. The zero-order chi connectivity index (χ0) is 20.8. The Hall–Kier alpha value is -2.58. The second kappa shape index (κ2) is 9.76. The quantitative estimate of drug-likeness (QED) is 0.416. The molecule has 2 amide bonds. The summed E-state index contributed by atoms with van der Waals surface area (Å²) in [5.41, 5.74) is 1.83. The van der Waals surface area contributed by atoms with E-state index in [2.05, 4.69) is 33.2 Å². The summed E-state index contributed by atoms with van der Waals surface area (Å²) in [6.07, 6.45) is -0.727. The molecular weight excluding hydrogens is 503 g/mol. The number of benzene rings is 3. The molecule has 0 aliphatic carbocycles. The van der Waals surface area contributed by atoms with E-state index in [9.17, 15) is 9.59 Å². The van der Waals surface area contributed by atoms with E-state index in [0.29, 0.717) is 27.7 Å². The third-order valence-electron chi connectivity index (χ3n) is 4.04. The molecule has 0 heterocycles. The second-order valence-corrected chi connectivity index (χ2v) is 7.76. The predicted octanol–water partition coefficient (Wildman–Crippen LogP) is 5.60. The monoisotopic (exact) mass is 520 g/mol. The zero-order valence-electron chi connectivity index (χ0n) is 15.5. The second-order valence-electron chi connectivity index (χ2n) is 6.19. The largest absolute Gasteiger partial charge is 0.479 e. The number of hydrogen-bond donors (Lipinski definition) is 2. The Morgan fingerprint density at radius 3 is 2.14 bits per heavy atom. The van der Waals surface area contributed by atoms with Gasteiger partial charge < -0.3 is 15.4 Å². The van der Waals surface area contributed by atoms with Crippen molar-refractivity contribution in [3.63, 3.8) is 0 Å². The van der Waals surface area contributed by atoms with Crippen molar-refractivity contribution in [3.8, 4) is 5.75 Å². The van der Waals surface area contributed by atoms with E-state index in [1.54, 1.807) is 61.5 Å². The van der Waals surface area contributed by atoms with Gasteiger partial charge in [-0.15, -0.1) is 0 Å². The van der Waals surface area contributed by atoms with Gasteiger partial charge in [-0.05, 0) is 78.0 Å². The molecule has 29 heavy (non-hydrogen) atoms. The summed E-state index contributed by atoms with van der Waals surface area (Å²) in [4.78, 5) is 24.7. The SMILES string of the molecule is CC(Oc1ccccc1Cl)C(=O)Nc1ccc(NC(=O)c2ccccc2I)cc1. The maximum atomic E-state index is 12.4. The smallest absolute Gasteiger partial charge is 0.265 e. The van der Waals surface area contributed by atoms with E-state index in [1.165, 1.54) is 0 Å². The van der Waals surface area contributed by atoms with E-state index < -0.39 is 6.10 Å². The van der Waals surface area contributed by atoms with Crippen molar-refractivity contribution in [3.05, 3.63) is 87.0 Å². The van der Waals surface area contributed by atoms with Crippen molar-refractivity contribution in [1.29, 1.82) is 0 Å². The third kappa shape index (κ3) is 5.71. The molecule has 3 aromatic carbocycles. The molecule has 5 nitrogen and oxygen atoms in total. The van der Waals surface area contributed by atoms with Gasteiger partial charge in [0.05, 0.1) is 10.6 Å². The van der Waals surface area contributed by atoms with Crippen molar-refractivity contribution in [2.24, 2.45) is 0 Å². The van der Waals surface area contributed by atoms with Gasteiger partial charge in [-0.1, -0.05) is 35.9 Å². The van der Waals surface area contributed by atoms with Crippen LogP contribution in [0.3, 0.4) is 0 Å². The first-order valence-corrected chi connectivity index (χ1v) is 10.3. The molecule has 1 unspecified atom stereocenters. The number of ether oxygens (including phenoxy) is 1. The molecule has 1 atom stereocenters. The average molecular weight is 521 g/mol. The molecule has 0 aliphatic heterocycles. The van der Waals surface area contributed by atoms with Crippen molar-refractivity contribution in [2.75, 3.05) is 10.6 Å². The fourth-order valence-corrected chi connectivity index (χ4v) is 3.32. The number of carbonyl (C=O) groups excluding carboxylic acids is 2. The Morgan fingerprint density at radius 2 is 1.48 bits per heavy atom. The summed E-state index contributed by atoms with van der Waals surface area (Å²) >= 11 is 8.18. The van der Waals surface area contributed by atoms with Crippen LogP contribution >= 0.6 is 34.2 Å². The standard InChI is InChI=1S/C22H18ClIN2O3/c1-14(29-20-9-5-3-7-18(20)23)21(27)25-15-10-12-16(13-11-15)26-22(28)17-6-2-4-8-19(17)24/h2-14H,1H3,(H,25,27)(H,26,28). The normalized spacial score (nSPS) is 11.4. The minimum Gasteiger partial charge on any atom is -0.479 e. The van der Waals surface area contributed by atoms with Crippen LogP contribution in [-0.4, -0.2) is 17.9 Å². The summed E-state index contributed by atoms with van der Waals surface area (Å²) < 4.78 is 6.49. The van der Waals surface area contributed by atoms with Crippen LogP contribution in [0.5, 0.6) is 5.75 Å². The minimum absolute atomic E-state index is 0.187. The van der Waals surface area contributed by atoms with Gasteiger partial charge in [-0.25, -0.2) is 0 Å². The summed E-state index contributed by atoms with van der Waals surface area (Å²) in [5.74, 6) is -0.0421. The molecule has 0 bridgehead atoms. The van der Waals surface area contributed by atoms with Crippen LogP contribution in [0.2, 0.25) is 5.02 Å². The fraction of sp³-hybridized carbons (Fsp3) is 0.0909. The Kier molecular flexibility index (Phi) is 7.11. The topological polar surface area (TPSA) is 67.4 Å². The van der Waals surface area contributed by atoms with Gasteiger partial charge in [0.2, 0.25) is 0 Å². The van der Waals surface area contributed by atoms with Gasteiger partial charge >= 0.3 is 0 Å². The van der Waals surface area contributed by atoms with Crippen LogP contribution in [0, 0.1) is 3.57 Å². The predicted molar refractivity (Wildman–Crippen MR) is 124 cm³/mol. The molecule has 0 fully saturated rings. The first-order valence-electron chi connectivity index (χ1n) is 8.82. The minimum atomic E-state index is -0.727. The summed E-state index contributed by atoms with van der Waals surface area (Å²) in [6.45, 7) is 1.65. The molecule has 0 saturated carbocycles. The number of nitrogens with one attached hydrogen (secondary N) is 2. The molecule has 0 aliphatic rings. The van der Waals surface area contributed by atoms with Gasteiger partial charge in [0, 0.05) is 14.9 Å². The van der Waals surface area contributed by atoms with Gasteiger partial charge in [-0.3, -0.25) is 9.59 Å². The van der Waals surface area contributed by atoms with E-state index in [0.717, 1.165) is 3.57 Å². The number of hydrogen-bond acceptors (Lipinski definition) is 3. The van der Waals surface area contributed by atoms with Crippen LogP contribution in [0.25, 0.3) is 0 Å². The van der Waals surface area contributed by atoms with Crippen LogP contribution in [-0.2, 0) is 4.79 Å². The van der Waals surface area contributed by atoms with Crippen LogP contribution in [0.1, 0.15) is 17.3 Å². The lowest BCUT2D eigenvalue weighted by Gasteiger charge is -2.16. The average Bonchev–Trinajstić information content (AvgIpc) is 2.71. The van der Waals surface area contributed by atoms with E-state index in [1.807, 2.05) is 18.2 Å². The number of halogens is 2. The molecular formula is C22H18ClIN2O3. The van der Waals surface area contributed by atoms with E-state index in [4.69, 9.17) is 16.3 Å². The fourth-order valence-electron chi connectivity index (χ4n) is 2.51. The van der Waals surface area contributed by atoms with Crippen molar-refractivity contribution in [2.45, 2.75) is 13.0 Å². The first-order chi connectivity index (χ1) is 13.9. The summed E-state index contributed by atoms with van der Waals surface area (Å²) in [6, 6.07) is 21.2. The highest BCUT2D eigenvalue weighted by atomic mass is 127. The molecule has 148 valence electrons. The first kappa shape index (κ1) is 21.1. The summed E-state index contributed by atoms with van der Waals surface area (Å²) in [5, 5.41) is 6.07. The van der Waals surface area contributed by atoms with Crippen molar-refractivity contribution in [1.82, 2.24) is 0 Å². The highest BCUT2D eigenvalue weighted by Crippen LogP contribution is 2.24. The third-order valence-corrected chi connectivity index (χ3v) is 5.29. The van der Waals surface area contributed by atoms with E-state index >= 15 is 0 Å². The lowest BCUT2D eigenvalue weighted by atomic mass is 10.2. The maximum absolute atomic E-state index is 12.4. The zero-order valence-corrected chi connectivity index (χ0v) is 18.4. The van der Waals surface area contributed by atoms with Gasteiger partial charge in [0.15, 0.2) is 6.10 Å². The molecule has 0 saturated heterocycles. The Morgan fingerprint density at radius 1 is 0.897 bits per heavy atom. The van der Waals surface area contributed by atoms with Gasteiger partial charge in [0.25, 0.3) is 11.8 Å². The highest BCUT2D eigenvalue weighted by Gasteiger charge is 2.16. The summed E-state index contributed by atoms with van der Waals surface area (Å²) in [7, 11) is 0. The number of para-hydroxylation sites is 1. The van der Waals surface area contributed by atoms with Gasteiger partial charge in [0.1, 0.15) is 5.75 Å². The van der Waals surface area contributed by atoms with Crippen molar-refractivity contribution >= 4 is 57.4 Å². The molecule has 3 aromatic rings. The molecule has 3 rings (SSSR count). The Bertz CT molecular complexity index is 1020. The number of anilines is 2. The van der Waals surface area contributed by atoms with Crippen LogP contribution in [0.15, 0.2) is 72.8 Å². The molecule has 7 heteroatoms. The number of carbonyl (C=O) groups is 2. The lowest BCUT2D eigenvalue weighted by Crippen LogP contribution is -2.30. The van der Waals surface area contributed by atoms with Crippen LogP contribution < -0.4 is 15.4 Å². The maximum Gasteiger partial charge on any atom is 0.265 e. The number of rotatable bonds is 6. The van der Waals surface area contributed by atoms with E-state index in [-0.39, 0.29) is 11.8 Å². The highest BCUT2D eigenvalue weighted by molar-refractivity contribution is 14.1. The Balaban J connectivity index is 1.58. The molecule has 0 spiro atoms. The molecule has 0 aromatic heterocycles.